The zero-order valence-electron chi connectivity index (χ0n) is 18.1. The van der Waals surface area contributed by atoms with Crippen LogP contribution in [-0.2, 0) is 20.9 Å². The lowest BCUT2D eigenvalue weighted by Crippen LogP contribution is -2.59. The zero-order chi connectivity index (χ0) is 24.0. The number of hydrogen-bond donors (Lipinski definition) is 3. The van der Waals surface area contributed by atoms with Gasteiger partial charge in [0.15, 0.2) is 0 Å². The predicted octanol–water partition coefficient (Wildman–Crippen LogP) is 2.11. The van der Waals surface area contributed by atoms with Crippen molar-refractivity contribution in [3.8, 4) is 0 Å². The molecule has 1 aromatic rings. The van der Waals surface area contributed by atoms with Gasteiger partial charge in [-0.25, -0.2) is 0 Å². The smallest absolute Gasteiger partial charge is 0.379 e. The van der Waals surface area contributed by atoms with Crippen LogP contribution in [0.4, 0.5) is 13.2 Å². The monoisotopic (exact) mass is 466 g/mol. The molecule has 2 fully saturated rings. The molecule has 4 rings (SSSR count). The number of carbonyl (C=O) groups excluding carboxylic acids is 3. The van der Waals surface area contributed by atoms with Gasteiger partial charge in [-0.05, 0) is 31.4 Å². The van der Waals surface area contributed by atoms with Crippen LogP contribution in [0.15, 0.2) is 18.2 Å². The third kappa shape index (κ3) is 4.46. The third-order valence-corrected chi connectivity index (χ3v) is 6.56. The molecule has 3 amide bonds. The molecular formula is C22H25F3N4O4. The van der Waals surface area contributed by atoms with E-state index in [0.717, 1.165) is 25.7 Å². The highest BCUT2D eigenvalue weighted by Crippen LogP contribution is 2.33. The van der Waals surface area contributed by atoms with Gasteiger partial charge in [0.1, 0.15) is 5.84 Å². The van der Waals surface area contributed by atoms with E-state index in [-0.39, 0.29) is 35.0 Å². The van der Waals surface area contributed by atoms with E-state index in [1.54, 1.807) is 11.0 Å². The highest BCUT2D eigenvalue weighted by atomic mass is 19.4. The molecule has 1 unspecified atom stereocenters. The number of amidine groups is 1. The number of fused-ring (bicyclic) bond motifs is 1. The van der Waals surface area contributed by atoms with Gasteiger partial charge in [-0.3, -0.25) is 19.8 Å². The SMILES string of the molecule is CC1(C(=O)NC2CCCC[C@@H]2N2Cc3ccc(C(=N)NC(=O)C(F)(F)F)cc3C2=O)COC1. The summed E-state index contributed by atoms with van der Waals surface area (Å²) in [5.74, 6) is -3.37. The topological polar surface area (TPSA) is 112 Å². The van der Waals surface area contributed by atoms with Crippen molar-refractivity contribution in [2.24, 2.45) is 5.41 Å². The van der Waals surface area contributed by atoms with E-state index in [1.165, 1.54) is 17.4 Å². The second kappa shape index (κ2) is 8.44. The fraction of sp³-hybridized carbons (Fsp3) is 0.545. The van der Waals surface area contributed by atoms with Crippen molar-refractivity contribution < 1.29 is 32.3 Å². The van der Waals surface area contributed by atoms with Gasteiger partial charge >= 0.3 is 12.1 Å². The summed E-state index contributed by atoms with van der Waals surface area (Å²) in [4.78, 5) is 38.7. The van der Waals surface area contributed by atoms with Crippen LogP contribution in [0.5, 0.6) is 0 Å². The Morgan fingerprint density at radius 1 is 1.21 bits per heavy atom. The number of alkyl halides is 3. The van der Waals surface area contributed by atoms with E-state index < -0.39 is 23.3 Å². The molecule has 2 heterocycles. The van der Waals surface area contributed by atoms with Crippen molar-refractivity contribution in [1.29, 1.82) is 5.41 Å². The first-order valence-electron chi connectivity index (χ1n) is 10.8. The molecule has 3 N–H and O–H groups in total. The summed E-state index contributed by atoms with van der Waals surface area (Å²) >= 11 is 0. The van der Waals surface area contributed by atoms with E-state index in [1.807, 2.05) is 6.92 Å². The average molecular weight is 466 g/mol. The molecule has 1 saturated heterocycles. The van der Waals surface area contributed by atoms with E-state index in [9.17, 15) is 27.6 Å². The van der Waals surface area contributed by atoms with Gasteiger partial charge in [0.25, 0.3) is 5.91 Å². The normalized spacial score (nSPS) is 24.0. The number of halogens is 3. The summed E-state index contributed by atoms with van der Waals surface area (Å²) in [7, 11) is 0. The lowest BCUT2D eigenvalue weighted by atomic mass is 9.84. The van der Waals surface area contributed by atoms with Crippen LogP contribution in [0, 0.1) is 10.8 Å². The van der Waals surface area contributed by atoms with Crippen LogP contribution in [0.3, 0.4) is 0 Å². The maximum Gasteiger partial charge on any atom is 0.471 e. The van der Waals surface area contributed by atoms with Crippen molar-refractivity contribution >= 4 is 23.6 Å². The Labute approximate surface area is 188 Å². The number of amides is 3. The van der Waals surface area contributed by atoms with Gasteiger partial charge in [0.2, 0.25) is 5.91 Å². The van der Waals surface area contributed by atoms with Gasteiger partial charge in [-0.1, -0.05) is 25.0 Å². The van der Waals surface area contributed by atoms with Crippen molar-refractivity contribution in [1.82, 2.24) is 15.5 Å². The summed E-state index contributed by atoms with van der Waals surface area (Å²) in [6.45, 7) is 2.89. The first kappa shape index (κ1) is 23.2. The average Bonchev–Trinajstić information content (AvgIpc) is 3.07. The highest BCUT2D eigenvalue weighted by molar-refractivity contribution is 6.09. The fourth-order valence-corrected chi connectivity index (χ4v) is 4.54. The van der Waals surface area contributed by atoms with E-state index in [0.29, 0.717) is 25.3 Å². The molecule has 8 nitrogen and oxygen atoms in total. The van der Waals surface area contributed by atoms with Gasteiger partial charge in [-0.15, -0.1) is 0 Å². The van der Waals surface area contributed by atoms with Crippen molar-refractivity contribution in [2.45, 2.75) is 57.4 Å². The van der Waals surface area contributed by atoms with Crippen LogP contribution < -0.4 is 10.6 Å². The third-order valence-electron chi connectivity index (χ3n) is 6.56. The quantitative estimate of drug-likeness (QED) is 0.466. The van der Waals surface area contributed by atoms with Crippen LogP contribution in [-0.4, -0.2) is 59.9 Å². The molecule has 0 bridgehead atoms. The number of carbonyl (C=O) groups is 3. The molecular weight excluding hydrogens is 441 g/mol. The Balaban J connectivity index is 1.48. The Morgan fingerprint density at radius 2 is 1.91 bits per heavy atom. The largest absolute Gasteiger partial charge is 0.471 e. The molecule has 1 saturated carbocycles. The van der Waals surface area contributed by atoms with Gasteiger partial charge in [0, 0.05) is 23.7 Å². The van der Waals surface area contributed by atoms with E-state index in [4.69, 9.17) is 10.1 Å². The van der Waals surface area contributed by atoms with Gasteiger partial charge < -0.3 is 20.3 Å². The van der Waals surface area contributed by atoms with Crippen molar-refractivity contribution in [2.75, 3.05) is 13.2 Å². The molecule has 0 aromatic heterocycles. The number of nitrogens with zero attached hydrogens (tertiary/aromatic N) is 1. The molecule has 1 aromatic carbocycles. The summed E-state index contributed by atoms with van der Waals surface area (Å²) in [6.07, 6.45) is -1.80. The molecule has 1 aliphatic carbocycles. The summed E-state index contributed by atoms with van der Waals surface area (Å²) in [6, 6.07) is 3.91. The van der Waals surface area contributed by atoms with Gasteiger partial charge in [0.05, 0.1) is 24.7 Å². The van der Waals surface area contributed by atoms with E-state index in [2.05, 4.69) is 5.32 Å². The minimum Gasteiger partial charge on any atom is -0.379 e. The van der Waals surface area contributed by atoms with Crippen LogP contribution in [0.2, 0.25) is 0 Å². The van der Waals surface area contributed by atoms with Crippen LogP contribution in [0.25, 0.3) is 0 Å². The van der Waals surface area contributed by atoms with Crippen molar-refractivity contribution in [3.05, 3.63) is 34.9 Å². The summed E-state index contributed by atoms with van der Waals surface area (Å²) in [5.41, 5.74) is 0.422. The Hall–Kier alpha value is -2.95. The molecule has 2 atom stereocenters. The number of benzene rings is 1. The Bertz CT molecular complexity index is 1010. The molecule has 0 spiro atoms. The minimum absolute atomic E-state index is 0.00737. The second-order valence-electron chi connectivity index (χ2n) is 9.12. The molecule has 3 aliphatic rings. The maximum absolute atomic E-state index is 13.2. The molecule has 2 aliphatic heterocycles. The maximum atomic E-state index is 13.2. The first-order chi connectivity index (χ1) is 15.5. The van der Waals surface area contributed by atoms with Crippen molar-refractivity contribution in [3.63, 3.8) is 0 Å². The Morgan fingerprint density at radius 3 is 2.55 bits per heavy atom. The molecule has 178 valence electrons. The zero-order valence-corrected chi connectivity index (χ0v) is 18.1. The van der Waals surface area contributed by atoms with Crippen LogP contribution >= 0.6 is 0 Å². The fourth-order valence-electron chi connectivity index (χ4n) is 4.54. The number of nitrogens with one attached hydrogen (secondary N) is 3. The van der Waals surface area contributed by atoms with E-state index >= 15 is 0 Å². The first-order valence-corrected chi connectivity index (χ1v) is 10.8. The number of hydrogen-bond acceptors (Lipinski definition) is 5. The van der Waals surface area contributed by atoms with Crippen LogP contribution in [0.1, 0.15) is 54.1 Å². The standard InChI is InChI=1S/C22H25F3N4O4/c1-21(10-33-11-21)19(31)27-15-4-2-3-5-16(15)29-9-13-7-6-12(8-14(13)18(29)30)17(26)28-20(32)22(23,24)25/h6-8,15-16H,2-5,9-11H2,1H3,(H,27,31)(H2,26,28,32)/t15?,16-/m0/s1. The van der Waals surface area contributed by atoms with Gasteiger partial charge in [-0.2, -0.15) is 13.2 Å². The lowest BCUT2D eigenvalue weighted by Gasteiger charge is -2.42. The second-order valence-corrected chi connectivity index (χ2v) is 9.12. The summed E-state index contributed by atoms with van der Waals surface area (Å²) < 4.78 is 42.6. The number of rotatable bonds is 4. The molecule has 33 heavy (non-hydrogen) atoms. The highest BCUT2D eigenvalue weighted by Gasteiger charge is 2.45. The Kier molecular flexibility index (Phi) is 5.94. The minimum atomic E-state index is -5.11. The molecule has 0 radical (unpaired) electrons. The lowest BCUT2D eigenvalue weighted by molar-refractivity contribution is -0.171. The number of ether oxygens (including phenoxy) is 1. The predicted molar refractivity (Wildman–Crippen MR) is 110 cm³/mol. The molecule has 11 heteroatoms. The summed E-state index contributed by atoms with van der Waals surface area (Å²) in [5, 5.41) is 12.4.